The molecule has 1 aromatic heterocycles. The van der Waals surface area contributed by atoms with Gasteiger partial charge in [0.05, 0.1) is 18.9 Å². The smallest absolute Gasteiger partial charge is 0.407 e. The van der Waals surface area contributed by atoms with Gasteiger partial charge in [-0.1, -0.05) is 0 Å². The van der Waals surface area contributed by atoms with Crippen LogP contribution < -0.4 is 20.7 Å². The molecule has 0 bridgehead atoms. The number of rotatable bonds is 6. The molecule has 2 rings (SSSR count). The summed E-state index contributed by atoms with van der Waals surface area (Å²) in [5, 5.41) is 7.37. The molecule has 0 unspecified atom stereocenters. The van der Waals surface area contributed by atoms with Gasteiger partial charge in [-0.3, -0.25) is 9.59 Å². The molecule has 3 N–H and O–H groups in total. The highest BCUT2D eigenvalue weighted by atomic mass is 16.6. The van der Waals surface area contributed by atoms with Crippen molar-refractivity contribution in [2.24, 2.45) is 0 Å². The number of nitrogens with zero attached hydrogens (tertiary/aromatic N) is 1. The van der Waals surface area contributed by atoms with Crippen LogP contribution >= 0.6 is 0 Å². The number of hydrogen-bond acceptors (Lipinski definition) is 7. The molecule has 0 aliphatic rings. The number of aromatic nitrogens is 1. The molecule has 156 valence electrons. The van der Waals surface area contributed by atoms with Crippen LogP contribution in [0.25, 0.3) is 11.3 Å². The Morgan fingerprint density at radius 3 is 2.45 bits per heavy atom. The maximum absolute atomic E-state index is 12.0. The topological polar surface area (TPSA) is 132 Å². The van der Waals surface area contributed by atoms with Crippen molar-refractivity contribution in [3.8, 4) is 17.1 Å². The number of amides is 3. The van der Waals surface area contributed by atoms with Crippen LogP contribution in [0.3, 0.4) is 0 Å². The predicted molar refractivity (Wildman–Crippen MR) is 104 cm³/mol. The summed E-state index contributed by atoms with van der Waals surface area (Å²) in [4.78, 5) is 39.3. The zero-order valence-electron chi connectivity index (χ0n) is 16.7. The third kappa shape index (κ3) is 6.83. The number of anilines is 1. The SMILES string of the molecule is COc1cc(NC(=O)C(=O)NCCNC(=O)OC(C)(C)C)ccc1-c1cnco1. The second kappa shape index (κ2) is 9.58. The molecule has 29 heavy (non-hydrogen) atoms. The molecule has 1 heterocycles. The quantitative estimate of drug-likeness (QED) is 0.495. The van der Waals surface area contributed by atoms with Crippen molar-refractivity contribution >= 4 is 23.6 Å². The number of carbonyl (C=O) groups excluding carboxylic acids is 3. The number of nitrogens with one attached hydrogen (secondary N) is 3. The van der Waals surface area contributed by atoms with E-state index in [9.17, 15) is 14.4 Å². The number of ether oxygens (including phenoxy) is 2. The molecule has 0 atom stereocenters. The standard InChI is InChI=1S/C19H24N4O6/c1-19(2,3)29-18(26)22-8-7-21-16(24)17(25)23-12-5-6-13(14(9-12)27-4)15-10-20-11-28-15/h5-6,9-11H,7-8H2,1-4H3,(H,21,24)(H,22,26)(H,23,25). The van der Waals surface area contributed by atoms with E-state index in [0.29, 0.717) is 22.8 Å². The first kappa shape index (κ1) is 21.7. The number of alkyl carbamates (subject to hydrolysis) is 1. The lowest BCUT2D eigenvalue weighted by Gasteiger charge is -2.19. The summed E-state index contributed by atoms with van der Waals surface area (Å²) in [6.07, 6.45) is 2.23. The Hall–Kier alpha value is -3.56. The van der Waals surface area contributed by atoms with Crippen LogP contribution in [0.4, 0.5) is 10.5 Å². The first-order valence-electron chi connectivity index (χ1n) is 8.82. The zero-order valence-corrected chi connectivity index (χ0v) is 16.7. The second-order valence-corrected chi connectivity index (χ2v) is 6.92. The average molecular weight is 404 g/mol. The van der Waals surface area contributed by atoms with Crippen molar-refractivity contribution in [1.82, 2.24) is 15.6 Å². The van der Waals surface area contributed by atoms with Gasteiger partial charge >= 0.3 is 17.9 Å². The maximum Gasteiger partial charge on any atom is 0.407 e. The molecule has 0 aliphatic carbocycles. The summed E-state index contributed by atoms with van der Waals surface area (Å²) in [7, 11) is 1.48. The minimum Gasteiger partial charge on any atom is -0.496 e. The highest BCUT2D eigenvalue weighted by Crippen LogP contribution is 2.32. The molecule has 0 fully saturated rings. The van der Waals surface area contributed by atoms with Crippen LogP contribution in [-0.4, -0.2) is 48.7 Å². The molecule has 0 radical (unpaired) electrons. The Bertz CT molecular complexity index is 858. The molecule has 3 amide bonds. The summed E-state index contributed by atoms with van der Waals surface area (Å²) >= 11 is 0. The van der Waals surface area contributed by atoms with Crippen molar-refractivity contribution in [3.63, 3.8) is 0 Å². The van der Waals surface area contributed by atoms with Gasteiger partial charge < -0.3 is 29.8 Å². The van der Waals surface area contributed by atoms with Crippen molar-refractivity contribution in [3.05, 3.63) is 30.8 Å². The van der Waals surface area contributed by atoms with Crippen LogP contribution in [0, 0.1) is 0 Å². The first-order valence-corrected chi connectivity index (χ1v) is 8.82. The Morgan fingerprint density at radius 1 is 1.10 bits per heavy atom. The third-order valence-electron chi connectivity index (χ3n) is 3.44. The summed E-state index contributed by atoms with van der Waals surface area (Å²) in [5.41, 5.74) is 0.412. The van der Waals surface area contributed by atoms with E-state index in [0.717, 1.165) is 0 Å². The zero-order chi connectivity index (χ0) is 21.4. The molecular formula is C19H24N4O6. The fraction of sp³-hybridized carbons (Fsp3) is 0.368. The van der Waals surface area contributed by atoms with Gasteiger partial charge in [-0.05, 0) is 32.9 Å². The lowest BCUT2D eigenvalue weighted by molar-refractivity contribution is -0.136. The van der Waals surface area contributed by atoms with Gasteiger partial charge in [0.25, 0.3) is 0 Å². The van der Waals surface area contributed by atoms with Gasteiger partial charge in [0.2, 0.25) is 0 Å². The summed E-state index contributed by atoms with van der Waals surface area (Å²) in [6.45, 7) is 5.41. The van der Waals surface area contributed by atoms with E-state index in [1.165, 1.54) is 19.7 Å². The monoisotopic (exact) mass is 404 g/mol. The molecule has 0 aliphatic heterocycles. The Balaban J connectivity index is 1.83. The minimum atomic E-state index is -0.850. The van der Waals surface area contributed by atoms with Gasteiger partial charge in [-0.2, -0.15) is 0 Å². The fourth-order valence-corrected chi connectivity index (χ4v) is 2.24. The number of oxazole rings is 1. The molecule has 2 aromatic rings. The lowest BCUT2D eigenvalue weighted by Crippen LogP contribution is -2.41. The molecule has 1 aromatic carbocycles. The molecule has 0 spiro atoms. The first-order chi connectivity index (χ1) is 13.7. The Morgan fingerprint density at radius 2 is 1.83 bits per heavy atom. The number of benzene rings is 1. The van der Waals surface area contributed by atoms with Crippen molar-refractivity contribution in [1.29, 1.82) is 0 Å². The highest BCUT2D eigenvalue weighted by Gasteiger charge is 2.17. The minimum absolute atomic E-state index is 0.0687. The van der Waals surface area contributed by atoms with Gasteiger partial charge in [0.1, 0.15) is 11.4 Å². The van der Waals surface area contributed by atoms with Gasteiger partial charge in [-0.15, -0.1) is 0 Å². The van der Waals surface area contributed by atoms with E-state index in [1.807, 2.05) is 0 Å². The summed E-state index contributed by atoms with van der Waals surface area (Å²) in [5.74, 6) is -0.734. The lowest BCUT2D eigenvalue weighted by atomic mass is 10.1. The Kier molecular flexibility index (Phi) is 7.18. The largest absolute Gasteiger partial charge is 0.496 e. The average Bonchev–Trinajstić information content (AvgIpc) is 3.18. The fourth-order valence-electron chi connectivity index (χ4n) is 2.24. The van der Waals surface area contributed by atoms with E-state index in [2.05, 4.69) is 20.9 Å². The van der Waals surface area contributed by atoms with Crippen LogP contribution in [0.15, 0.2) is 35.2 Å². The number of hydrogen-bond donors (Lipinski definition) is 3. The van der Waals surface area contributed by atoms with Crippen molar-refractivity contribution < 1.29 is 28.3 Å². The van der Waals surface area contributed by atoms with Crippen LogP contribution in [0.1, 0.15) is 20.8 Å². The van der Waals surface area contributed by atoms with Gasteiger partial charge in [0, 0.05) is 24.8 Å². The van der Waals surface area contributed by atoms with Crippen molar-refractivity contribution in [2.45, 2.75) is 26.4 Å². The van der Waals surface area contributed by atoms with Crippen LogP contribution in [0.5, 0.6) is 5.75 Å². The normalized spacial score (nSPS) is 10.8. The van der Waals surface area contributed by atoms with E-state index >= 15 is 0 Å². The van der Waals surface area contributed by atoms with Crippen LogP contribution in [-0.2, 0) is 14.3 Å². The maximum atomic E-state index is 12.0. The summed E-state index contributed by atoms with van der Waals surface area (Å²) < 4.78 is 15.6. The number of carbonyl (C=O) groups is 3. The predicted octanol–water partition coefficient (Wildman–Crippen LogP) is 1.93. The summed E-state index contributed by atoms with van der Waals surface area (Å²) in [6, 6.07) is 4.85. The van der Waals surface area contributed by atoms with E-state index in [4.69, 9.17) is 13.9 Å². The van der Waals surface area contributed by atoms with E-state index < -0.39 is 23.5 Å². The highest BCUT2D eigenvalue weighted by molar-refractivity contribution is 6.39. The van der Waals surface area contributed by atoms with E-state index in [1.54, 1.807) is 39.0 Å². The number of methoxy groups -OCH3 is 1. The van der Waals surface area contributed by atoms with Crippen LogP contribution in [0.2, 0.25) is 0 Å². The van der Waals surface area contributed by atoms with E-state index in [-0.39, 0.29) is 13.1 Å². The Labute approximate surface area is 168 Å². The second-order valence-electron chi connectivity index (χ2n) is 6.92. The van der Waals surface area contributed by atoms with Gasteiger partial charge in [0.15, 0.2) is 12.2 Å². The molecular weight excluding hydrogens is 380 g/mol. The molecule has 10 heteroatoms. The third-order valence-corrected chi connectivity index (χ3v) is 3.44. The molecule has 0 saturated heterocycles. The molecule has 0 saturated carbocycles. The molecule has 10 nitrogen and oxygen atoms in total. The van der Waals surface area contributed by atoms with Crippen molar-refractivity contribution in [2.75, 3.05) is 25.5 Å². The van der Waals surface area contributed by atoms with Gasteiger partial charge in [-0.25, -0.2) is 9.78 Å².